The van der Waals surface area contributed by atoms with E-state index in [2.05, 4.69) is 12.2 Å². The second-order valence-electron chi connectivity index (χ2n) is 6.94. The van der Waals surface area contributed by atoms with Gasteiger partial charge in [0.1, 0.15) is 11.5 Å². The molecule has 1 aliphatic heterocycles. The predicted octanol–water partition coefficient (Wildman–Crippen LogP) is 4.44. The second-order valence-corrected chi connectivity index (χ2v) is 8.37. The maximum absolute atomic E-state index is 12.7. The third-order valence-corrected chi connectivity index (χ3v) is 6.35. The van der Waals surface area contributed by atoms with Gasteiger partial charge in [-0.2, -0.15) is 0 Å². The fraction of sp³-hybridized carbons (Fsp3) is 0.429. The number of carbonyl (C=O) groups is 1. The molecule has 1 aliphatic carbocycles. The number of thioether (sulfide) groups is 1. The van der Waals surface area contributed by atoms with Crippen molar-refractivity contribution in [1.82, 2.24) is 5.32 Å². The molecule has 1 aromatic heterocycles. The molecule has 2 aliphatic rings. The summed E-state index contributed by atoms with van der Waals surface area (Å²) >= 11 is 1.85. The lowest BCUT2D eigenvalue weighted by Crippen LogP contribution is -2.23. The van der Waals surface area contributed by atoms with Crippen LogP contribution >= 0.6 is 11.8 Å². The molecule has 2 atom stereocenters. The van der Waals surface area contributed by atoms with E-state index in [4.69, 9.17) is 14.1 Å². The van der Waals surface area contributed by atoms with Crippen molar-refractivity contribution in [3.63, 3.8) is 0 Å². The minimum Gasteiger partial charge on any atom is -0.494 e. The molecule has 2 heterocycles. The summed E-state index contributed by atoms with van der Waals surface area (Å²) in [7, 11) is 0. The molecule has 142 valence electrons. The second kappa shape index (κ2) is 7.43. The quantitative estimate of drug-likeness (QED) is 0.828. The lowest BCUT2D eigenvalue weighted by Gasteiger charge is -2.22. The zero-order valence-corrected chi connectivity index (χ0v) is 16.7. The molecular formula is C21H24N2O3S. The van der Waals surface area contributed by atoms with Crippen LogP contribution in [-0.4, -0.2) is 22.8 Å². The highest BCUT2D eigenvalue weighted by atomic mass is 32.2. The summed E-state index contributed by atoms with van der Waals surface area (Å²) in [5.74, 6) is 2.02. The van der Waals surface area contributed by atoms with Crippen molar-refractivity contribution in [2.45, 2.75) is 51.4 Å². The molecule has 0 radical (unpaired) electrons. The molecular weight excluding hydrogens is 360 g/mol. The third kappa shape index (κ3) is 3.50. The number of rotatable bonds is 5. The lowest BCUT2D eigenvalue weighted by atomic mass is 9.90. The van der Waals surface area contributed by atoms with Crippen LogP contribution in [-0.2, 0) is 13.0 Å². The van der Waals surface area contributed by atoms with Crippen molar-refractivity contribution in [2.24, 2.45) is 4.99 Å². The smallest absolute Gasteiger partial charge is 0.287 e. The van der Waals surface area contributed by atoms with Crippen LogP contribution in [0, 0.1) is 6.92 Å². The number of benzene rings is 1. The molecule has 0 saturated heterocycles. The van der Waals surface area contributed by atoms with Crippen molar-refractivity contribution < 1.29 is 13.9 Å². The van der Waals surface area contributed by atoms with Gasteiger partial charge < -0.3 is 14.5 Å². The van der Waals surface area contributed by atoms with Crippen molar-refractivity contribution in [3.8, 4) is 5.75 Å². The van der Waals surface area contributed by atoms with E-state index in [9.17, 15) is 4.79 Å². The average Bonchev–Trinajstić information content (AvgIpc) is 3.20. The number of carbonyl (C=O) groups excluding carboxylic acids is 1. The number of aryl methyl sites for hydroxylation is 1. The van der Waals surface area contributed by atoms with Crippen molar-refractivity contribution in [2.75, 3.05) is 6.61 Å². The molecule has 0 spiro atoms. The molecule has 0 saturated carbocycles. The summed E-state index contributed by atoms with van der Waals surface area (Å²) in [6.45, 7) is 7.09. The molecule has 1 amide bonds. The van der Waals surface area contributed by atoms with E-state index >= 15 is 0 Å². The highest BCUT2D eigenvalue weighted by Gasteiger charge is 2.39. The monoisotopic (exact) mass is 384 g/mol. The van der Waals surface area contributed by atoms with E-state index in [1.54, 1.807) is 0 Å². The van der Waals surface area contributed by atoms with Crippen LogP contribution in [0.15, 0.2) is 33.7 Å². The number of furan rings is 1. The van der Waals surface area contributed by atoms with Crippen molar-refractivity contribution in [1.29, 1.82) is 0 Å². The van der Waals surface area contributed by atoms with Gasteiger partial charge >= 0.3 is 0 Å². The summed E-state index contributed by atoms with van der Waals surface area (Å²) in [6, 6.07) is 7.89. The van der Waals surface area contributed by atoms with E-state index in [-0.39, 0.29) is 11.9 Å². The minimum absolute atomic E-state index is 0.134. The molecule has 1 aromatic carbocycles. The van der Waals surface area contributed by atoms with Crippen LogP contribution in [0.4, 0.5) is 0 Å². The largest absolute Gasteiger partial charge is 0.494 e. The number of nitrogens with one attached hydrogen (secondary N) is 1. The van der Waals surface area contributed by atoms with Gasteiger partial charge in [0.15, 0.2) is 5.76 Å². The molecule has 5 nitrogen and oxygen atoms in total. The van der Waals surface area contributed by atoms with Crippen LogP contribution in [0.5, 0.6) is 5.75 Å². The first-order valence-corrected chi connectivity index (χ1v) is 10.3. The van der Waals surface area contributed by atoms with Gasteiger partial charge in [0, 0.05) is 29.3 Å². The number of ether oxygens (including phenoxy) is 1. The molecule has 6 heteroatoms. The summed E-state index contributed by atoms with van der Waals surface area (Å²) in [4.78, 5) is 17.5. The van der Waals surface area contributed by atoms with Gasteiger partial charge in [-0.3, -0.25) is 9.79 Å². The molecule has 2 aromatic rings. The highest BCUT2D eigenvalue weighted by Crippen LogP contribution is 2.47. The topological polar surface area (TPSA) is 63.8 Å². The Hall–Kier alpha value is -2.21. The van der Waals surface area contributed by atoms with E-state index < -0.39 is 0 Å². The van der Waals surface area contributed by atoms with Gasteiger partial charge in [-0.25, -0.2) is 0 Å². The van der Waals surface area contributed by atoms with Gasteiger partial charge in [0.2, 0.25) is 0 Å². The first-order chi connectivity index (χ1) is 13.1. The van der Waals surface area contributed by atoms with E-state index in [0.717, 1.165) is 46.1 Å². The average molecular weight is 385 g/mol. The Balaban J connectivity index is 1.48. The van der Waals surface area contributed by atoms with Gasteiger partial charge in [-0.05, 0) is 44.9 Å². The molecule has 1 N–H and O–H groups in total. The van der Waals surface area contributed by atoms with Crippen LogP contribution in [0.25, 0.3) is 0 Å². The lowest BCUT2D eigenvalue weighted by molar-refractivity contribution is 0.0920. The Labute approximate surface area is 163 Å². The minimum atomic E-state index is -0.168. The van der Waals surface area contributed by atoms with Gasteiger partial charge in [0.25, 0.3) is 5.91 Å². The molecule has 0 unspecified atom stereocenters. The van der Waals surface area contributed by atoms with Gasteiger partial charge in [0.05, 0.1) is 17.7 Å². The first-order valence-electron chi connectivity index (χ1n) is 9.40. The Morgan fingerprint density at radius 3 is 2.85 bits per heavy atom. The van der Waals surface area contributed by atoms with E-state index in [1.807, 2.05) is 49.9 Å². The Morgan fingerprint density at radius 1 is 1.33 bits per heavy atom. The Kier molecular flexibility index (Phi) is 5.00. The summed E-state index contributed by atoms with van der Waals surface area (Å²) in [6.07, 6.45) is 1.92. The standard InChI is InChI=1S/C21H24N2O3S/c1-4-25-15-7-5-14(6-8-15)11-22-21(24)20-12(2)18-16(26-20)9-10-17-19(18)23-13(3)27-17/h5-8,17,19H,4,9-11H2,1-3H3,(H,22,24)/t17-,19-/m1/s1. The van der Waals surface area contributed by atoms with Crippen LogP contribution in [0.2, 0.25) is 0 Å². The maximum atomic E-state index is 12.7. The number of hydrogen-bond acceptors (Lipinski definition) is 5. The van der Waals surface area contributed by atoms with Gasteiger partial charge in [-0.15, -0.1) is 11.8 Å². The fourth-order valence-corrected chi connectivity index (χ4v) is 5.02. The summed E-state index contributed by atoms with van der Waals surface area (Å²) in [5, 5.41) is 4.58. The Morgan fingerprint density at radius 2 is 2.11 bits per heavy atom. The summed E-state index contributed by atoms with van der Waals surface area (Å²) < 4.78 is 11.4. The number of fused-ring (bicyclic) bond motifs is 3. The van der Waals surface area contributed by atoms with E-state index in [0.29, 0.717) is 24.2 Å². The van der Waals surface area contributed by atoms with Gasteiger partial charge in [-0.1, -0.05) is 12.1 Å². The zero-order chi connectivity index (χ0) is 19.0. The van der Waals surface area contributed by atoms with E-state index in [1.165, 1.54) is 0 Å². The number of aliphatic imine (C=N–C) groups is 1. The highest BCUT2D eigenvalue weighted by molar-refractivity contribution is 8.14. The molecule has 0 fully saturated rings. The third-order valence-electron chi connectivity index (χ3n) is 5.11. The zero-order valence-electron chi connectivity index (χ0n) is 15.9. The molecule has 0 bridgehead atoms. The van der Waals surface area contributed by atoms with Crippen LogP contribution in [0.3, 0.4) is 0 Å². The van der Waals surface area contributed by atoms with Crippen LogP contribution in [0.1, 0.15) is 59.3 Å². The van der Waals surface area contributed by atoms with Crippen molar-refractivity contribution in [3.05, 3.63) is 52.5 Å². The predicted molar refractivity (Wildman–Crippen MR) is 108 cm³/mol. The fourth-order valence-electron chi connectivity index (χ4n) is 3.84. The Bertz CT molecular complexity index is 886. The number of hydrogen-bond donors (Lipinski definition) is 1. The first kappa shape index (κ1) is 18.2. The van der Waals surface area contributed by atoms with Crippen LogP contribution < -0.4 is 10.1 Å². The van der Waals surface area contributed by atoms with Crippen molar-refractivity contribution >= 4 is 22.7 Å². The molecule has 4 rings (SSSR count). The maximum Gasteiger partial charge on any atom is 0.287 e. The summed E-state index contributed by atoms with van der Waals surface area (Å²) in [5.41, 5.74) is 3.08. The normalized spacial score (nSPS) is 20.6. The molecule has 27 heavy (non-hydrogen) atoms. The number of nitrogens with zero attached hydrogens (tertiary/aromatic N) is 1. The number of amides is 1. The SMILES string of the molecule is CCOc1ccc(CNC(=O)c2oc3c(c2C)[C@@H]2N=C(C)S[C@@H]2CC3)cc1.